The van der Waals surface area contributed by atoms with Gasteiger partial charge in [-0.25, -0.2) is 0 Å². The summed E-state index contributed by atoms with van der Waals surface area (Å²) in [4.78, 5) is 7.10. The first-order chi connectivity index (χ1) is 13.6. The highest BCUT2D eigenvalue weighted by Crippen LogP contribution is 2.63. The van der Waals surface area contributed by atoms with E-state index in [4.69, 9.17) is 0 Å². The molecule has 4 fully saturated rings. The van der Waals surface area contributed by atoms with Crippen molar-refractivity contribution in [1.82, 2.24) is 9.88 Å². The number of nitrogens with zero attached hydrogens (tertiary/aromatic N) is 1. The zero-order valence-corrected chi connectivity index (χ0v) is 19.2. The van der Waals surface area contributed by atoms with Gasteiger partial charge >= 0.3 is 0 Å². The Morgan fingerprint density at radius 2 is 1.54 bits per heavy atom. The molecule has 7 atom stereocenters. The van der Waals surface area contributed by atoms with E-state index in [1.165, 1.54) is 56.9 Å². The van der Waals surface area contributed by atoms with Crippen molar-refractivity contribution in [3.8, 4) is 0 Å². The van der Waals surface area contributed by atoms with Crippen LogP contribution in [0, 0.1) is 23.7 Å². The van der Waals surface area contributed by atoms with E-state index in [2.05, 4.69) is 60.4 Å². The molecule has 3 saturated carbocycles. The van der Waals surface area contributed by atoms with Crippen LogP contribution in [0.5, 0.6) is 0 Å². The maximum absolute atomic E-state index is 4.18. The first-order valence-electron chi connectivity index (χ1n) is 12.1. The summed E-state index contributed by atoms with van der Waals surface area (Å²) in [5.41, 5.74) is 2.38. The molecule has 1 saturated heterocycles. The molecule has 3 aliphatic carbocycles. The Hall–Kier alpha value is -0.643. The Morgan fingerprint density at radius 1 is 0.893 bits per heavy atom. The van der Waals surface area contributed by atoms with Crippen LogP contribution in [0.4, 0.5) is 0 Å². The third-order valence-corrected chi connectivity index (χ3v) is 12.8. The van der Waals surface area contributed by atoms with Gasteiger partial charge in [-0.1, -0.05) is 75.5 Å². The van der Waals surface area contributed by atoms with Crippen molar-refractivity contribution in [2.24, 2.45) is 23.7 Å². The number of hydrogen-bond acceptors (Lipinski definition) is 2. The van der Waals surface area contributed by atoms with E-state index in [0.29, 0.717) is 0 Å². The van der Waals surface area contributed by atoms with Crippen LogP contribution in [0.15, 0.2) is 30.3 Å². The summed E-state index contributed by atoms with van der Waals surface area (Å²) in [6.07, 6.45) is 12.0. The topological polar surface area (TPSA) is 15.3 Å². The number of hydrogen-bond donors (Lipinski definition) is 1. The number of fused-ring (bicyclic) bond motifs is 5. The largest absolute Gasteiger partial charge is 0.333 e. The Bertz CT molecular complexity index is 674. The summed E-state index contributed by atoms with van der Waals surface area (Å²) in [6, 6.07) is 12.8. The molecule has 1 aliphatic heterocycles. The molecule has 3 heteroatoms. The maximum atomic E-state index is 4.18. The minimum Gasteiger partial charge on any atom is -0.333 e. The summed E-state index contributed by atoms with van der Waals surface area (Å²) in [6.45, 7) is 6.37. The van der Waals surface area contributed by atoms with Crippen LogP contribution in [0.25, 0.3) is 0 Å². The van der Waals surface area contributed by atoms with Gasteiger partial charge in [-0.2, -0.15) is 0 Å². The molecule has 2 nitrogen and oxygen atoms in total. The van der Waals surface area contributed by atoms with Gasteiger partial charge in [-0.05, 0) is 61.1 Å². The van der Waals surface area contributed by atoms with Gasteiger partial charge in [0.15, 0.2) is 0 Å². The second kappa shape index (κ2) is 7.56. The highest BCUT2D eigenvalue weighted by Gasteiger charge is 2.64. The normalized spacial score (nSPS) is 40.8. The van der Waals surface area contributed by atoms with Gasteiger partial charge < -0.3 is 4.98 Å². The molecule has 0 amide bonds. The molecular formula is C25H40N2Si. The van der Waals surface area contributed by atoms with Crippen LogP contribution < -0.4 is 4.98 Å². The molecule has 0 spiro atoms. The molecule has 4 aliphatic rings. The molecule has 5 rings (SSSR count). The number of nitrogens with one attached hydrogen (secondary N) is 1. The van der Waals surface area contributed by atoms with Gasteiger partial charge in [0.1, 0.15) is 8.24 Å². The third kappa shape index (κ3) is 3.13. The lowest BCUT2D eigenvalue weighted by Crippen LogP contribution is -2.55. The Balaban J connectivity index is 1.43. The van der Waals surface area contributed by atoms with Crippen molar-refractivity contribution in [3.63, 3.8) is 0 Å². The fourth-order valence-electron chi connectivity index (χ4n) is 8.27. The average Bonchev–Trinajstić information content (AvgIpc) is 3.22. The van der Waals surface area contributed by atoms with Gasteiger partial charge in [0.25, 0.3) is 0 Å². The number of likely N-dealkylation sites (tertiary alicyclic amines) is 1. The lowest BCUT2D eigenvalue weighted by Gasteiger charge is -2.44. The molecule has 1 aromatic rings. The monoisotopic (exact) mass is 396 g/mol. The minimum atomic E-state index is -1.54. The standard InChI is InChI=1S/C25H40N2Si/c1-27-22-16-10-9-15-21(22)23-19-13-7-8-14-20(19)25(24(23)27)28(2,3)26-17-18-11-5-4-6-12-18/h4-6,11-12,19-26H,7-10,13-17H2,1-3H3. The highest BCUT2D eigenvalue weighted by atomic mass is 28.3. The van der Waals surface area contributed by atoms with Crippen LogP contribution >= 0.6 is 0 Å². The third-order valence-electron chi connectivity index (χ3n) is 9.29. The van der Waals surface area contributed by atoms with Gasteiger partial charge in [0.2, 0.25) is 0 Å². The zero-order chi connectivity index (χ0) is 19.3. The fraction of sp³-hybridized carbons (Fsp3) is 0.760. The lowest BCUT2D eigenvalue weighted by atomic mass is 9.70. The molecule has 0 aromatic heterocycles. The molecule has 28 heavy (non-hydrogen) atoms. The summed E-state index contributed by atoms with van der Waals surface area (Å²) >= 11 is 0. The van der Waals surface area contributed by atoms with E-state index < -0.39 is 8.24 Å². The molecule has 0 radical (unpaired) electrons. The van der Waals surface area contributed by atoms with E-state index in [1.807, 2.05) is 0 Å². The second-order valence-electron chi connectivity index (χ2n) is 10.9. The molecule has 0 bridgehead atoms. The highest BCUT2D eigenvalue weighted by molar-refractivity contribution is 6.76. The number of benzene rings is 1. The van der Waals surface area contributed by atoms with Crippen molar-refractivity contribution in [2.45, 2.75) is 88.6 Å². The second-order valence-corrected chi connectivity index (χ2v) is 15.4. The van der Waals surface area contributed by atoms with Crippen LogP contribution in [0.3, 0.4) is 0 Å². The van der Waals surface area contributed by atoms with Crippen molar-refractivity contribution >= 4 is 8.24 Å². The zero-order valence-electron chi connectivity index (χ0n) is 18.2. The van der Waals surface area contributed by atoms with Crippen LogP contribution in [0.1, 0.15) is 56.9 Å². The fourth-order valence-corrected chi connectivity index (χ4v) is 12.0. The Morgan fingerprint density at radius 3 is 2.29 bits per heavy atom. The van der Waals surface area contributed by atoms with Crippen LogP contribution in [-0.2, 0) is 6.54 Å². The van der Waals surface area contributed by atoms with Gasteiger partial charge in [0, 0.05) is 18.6 Å². The average molecular weight is 397 g/mol. The summed E-state index contributed by atoms with van der Waals surface area (Å²) < 4.78 is 0. The lowest BCUT2D eigenvalue weighted by molar-refractivity contribution is 0.136. The predicted octanol–water partition coefficient (Wildman–Crippen LogP) is 5.66. The van der Waals surface area contributed by atoms with Crippen molar-refractivity contribution in [3.05, 3.63) is 35.9 Å². The van der Waals surface area contributed by atoms with E-state index in [9.17, 15) is 0 Å². The molecule has 1 heterocycles. The number of rotatable bonds is 4. The summed E-state index contributed by atoms with van der Waals surface area (Å²) in [7, 11) is 0.969. The van der Waals surface area contributed by atoms with E-state index in [-0.39, 0.29) is 0 Å². The SMILES string of the molecule is CN1C2CCCCC2C2C3CCCCC3C([Si](C)(C)NCc3ccccc3)C21. The van der Waals surface area contributed by atoms with Gasteiger partial charge in [-0.15, -0.1) is 0 Å². The summed E-state index contributed by atoms with van der Waals surface area (Å²) in [5.74, 6) is 4.05. The van der Waals surface area contributed by atoms with E-state index in [0.717, 1.165) is 47.8 Å². The quantitative estimate of drug-likeness (QED) is 0.661. The van der Waals surface area contributed by atoms with Crippen molar-refractivity contribution in [1.29, 1.82) is 0 Å². The van der Waals surface area contributed by atoms with Crippen LogP contribution in [0.2, 0.25) is 18.6 Å². The smallest absolute Gasteiger partial charge is 0.124 e. The minimum absolute atomic E-state index is 0.867. The molecule has 7 unspecified atom stereocenters. The van der Waals surface area contributed by atoms with Crippen LogP contribution in [-0.4, -0.2) is 32.3 Å². The van der Waals surface area contributed by atoms with Gasteiger partial charge in [-0.3, -0.25) is 4.90 Å². The molecule has 1 aromatic carbocycles. The molecular weight excluding hydrogens is 356 g/mol. The first-order valence-corrected chi connectivity index (χ1v) is 15.2. The first kappa shape index (κ1) is 19.3. The Kier molecular flexibility index (Phi) is 5.22. The van der Waals surface area contributed by atoms with E-state index in [1.54, 1.807) is 0 Å². The summed E-state index contributed by atoms with van der Waals surface area (Å²) in [5, 5.41) is 0. The van der Waals surface area contributed by atoms with E-state index >= 15 is 0 Å². The molecule has 1 N–H and O–H groups in total. The maximum Gasteiger partial charge on any atom is 0.124 e. The van der Waals surface area contributed by atoms with Crippen molar-refractivity contribution in [2.75, 3.05) is 7.05 Å². The predicted molar refractivity (Wildman–Crippen MR) is 121 cm³/mol. The van der Waals surface area contributed by atoms with Gasteiger partial charge in [0.05, 0.1) is 0 Å². The molecule has 154 valence electrons. The Labute approximate surface area is 173 Å². The van der Waals surface area contributed by atoms with Crippen molar-refractivity contribution < 1.29 is 0 Å².